The molecule has 1 atom stereocenters. The van der Waals surface area contributed by atoms with Crippen LogP contribution in [0.3, 0.4) is 0 Å². The minimum atomic E-state index is -1.19. The van der Waals surface area contributed by atoms with Gasteiger partial charge in [0.25, 0.3) is 5.91 Å². The molecule has 0 aliphatic heterocycles. The molecule has 1 amide bonds. The summed E-state index contributed by atoms with van der Waals surface area (Å²) in [5.74, 6) is -1.76. The average Bonchev–Trinajstić information content (AvgIpc) is 2.27. The number of carboxylic acids is 1. The molecule has 0 bridgehead atoms. The number of nitrogens with one attached hydrogen (secondary N) is 1. The van der Waals surface area contributed by atoms with Crippen LogP contribution in [0, 0.1) is 6.92 Å². The molecule has 3 N–H and O–H groups in total. The maximum Gasteiger partial charge on any atom is 0.326 e. The number of aliphatic hydroxyl groups is 1. The number of aliphatic hydroxyl groups excluding tert-OH is 1. The lowest BCUT2D eigenvalue weighted by molar-refractivity contribution is -0.139. The monoisotopic (exact) mass is 271 g/mol. The number of hydrogen-bond donors (Lipinski definition) is 3. The number of rotatable bonds is 5. The lowest BCUT2D eigenvalue weighted by Gasteiger charge is -2.14. The predicted molar refractivity (Wildman–Crippen MR) is 66.8 cm³/mol. The number of carbonyl (C=O) groups excluding carboxylic acids is 1. The number of carboxylic acid groups (broad SMARTS) is 1. The molecule has 0 aliphatic rings. The molecule has 0 aliphatic carbocycles. The van der Waals surface area contributed by atoms with E-state index in [1.54, 1.807) is 12.1 Å². The van der Waals surface area contributed by atoms with Gasteiger partial charge in [0.2, 0.25) is 0 Å². The van der Waals surface area contributed by atoms with Crippen LogP contribution in [0.1, 0.15) is 22.3 Å². The molecule has 1 aromatic rings. The van der Waals surface area contributed by atoms with Crippen molar-refractivity contribution < 1.29 is 19.8 Å². The van der Waals surface area contributed by atoms with Crippen molar-refractivity contribution in [1.82, 2.24) is 5.32 Å². The third kappa shape index (κ3) is 3.72. The Labute approximate surface area is 109 Å². The first-order chi connectivity index (χ1) is 8.45. The van der Waals surface area contributed by atoms with Crippen molar-refractivity contribution >= 4 is 23.5 Å². The first kappa shape index (κ1) is 14.5. The third-order valence-electron chi connectivity index (χ3n) is 2.39. The van der Waals surface area contributed by atoms with Crippen LogP contribution < -0.4 is 5.32 Å². The van der Waals surface area contributed by atoms with Crippen molar-refractivity contribution in [3.05, 3.63) is 34.3 Å². The Morgan fingerprint density at radius 1 is 1.44 bits per heavy atom. The van der Waals surface area contributed by atoms with Gasteiger partial charge < -0.3 is 15.5 Å². The van der Waals surface area contributed by atoms with Crippen molar-refractivity contribution in [2.75, 3.05) is 6.61 Å². The predicted octanol–water partition coefficient (Wildman–Crippen LogP) is 1.21. The van der Waals surface area contributed by atoms with Crippen LogP contribution in [-0.4, -0.2) is 34.7 Å². The van der Waals surface area contributed by atoms with E-state index in [2.05, 4.69) is 5.32 Å². The zero-order chi connectivity index (χ0) is 13.7. The minimum absolute atomic E-state index is 0.0510. The van der Waals surface area contributed by atoms with Crippen LogP contribution in [0.4, 0.5) is 0 Å². The van der Waals surface area contributed by atoms with E-state index < -0.39 is 17.9 Å². The Balaban J connectivity index is 2.83. The molecular weight excluding hydrogens is 258 g/mol. The number of hydrogen-bond acceptors (Lipinski definition) is 3. The van der Waals surface area contributed by atoms with Crippen LogP contribution in [0.25, 0.3) is 0 Å². The number of halogens is 1. The summed E-state index contributed by atoms with van der Waals surface area (Å²) < 4.78 is 0. The fourth-order valence-electron chi connectivity index (χ4n) is 1.43. The summed E-state index contributed by atoms with van der Waals surface area (Å²) in [6.45, 7) is 1.51. The number of aryl methyl sites for hydroxylation is 1. The summed E-state index contributed by atoms with van der Waals surface area (Å²) in [6.07, 6.45) is -0.0510. The van der Waals surface area contributed by atoms with E-state index in [4.69, 9.17) is 21.8 Å². The Hall–Kier alpha value is -1.59. The second-order valence-corrected chi connectivity index (χ2v) is 4.27. The Morgan fingerprint density at radius 3 is 2.61 bits per heavy atom. The van der Waals surface area contributed by atoms with Gasteiger partial charge >= 0.3 is 5.97 Å². The number of amides is 1. The molecule has 18 heavy (non-hydrogen) atoms. The van der Waals surface area contributed by atoms with Crippen LogP contribution >= 0.6 is 11.6 Å². The van der Waals surface area contributed by atoms with Crippen LogP contribution in [0.2, 0.25) is 5.02 Å². The van der Waals surface area contributed by atoms with Crippen molar-refractivity contribution in [3.63, 3.8) is 0 Å². The van der Waals surface area contributed by atoms with Gasteiger partial charge in [-0.1, -0.05) is 17.7 Å². The zero-order valence-electron chi connectivity index (χ0n) is 9.81. The van der Waals surface area contributed by atoms with Gasteiger partial charge in [-0.3, -0.25) is 4.79 Å². The highest BCUT2D eigenvalue weighted by molar-refractivity contribution is 6.33. The SMILES string of the molecule is Cc1ccc(C(=O)N[C@H](CCO)C(=O)O)c(Cl)c1. The van der Waals surface area contributed by atoms with Crippen molar-refractivity contribution in [3.8, 4) is 0 Å². The van der Waals surface area contributed by atoms with Gasteiger partial charge in [-0.2, -0.15) is 0 Å². The highest BCUT2D eigenvalue weighted by Gasteiger charge is 2.21. The third-order valence-corrected chi connectivity index (χ3v) is 2.70. The molecule has 0 aromatic heterocycles. The molecule has 0 heterocycles. The molecule has 0 radical (unpaired) electrons. The van der Waals surface area contributed by atoms with Crippen molar-refractivity contribution in [2.24, 2.45) is 0 Å². The molecule has 98 valence electrons. The maximum atomic E-state index is 11.8. The van der Waals surface area contributed by atoms with E-state index in [0.29, 0.717) is 0 Å². The Morgan fingerprint density at radius 2 is 2.11 bits per heavy atom. The molecule has 0 saturated heterocycles. The van der Waals surface area contributed by atoms with Crippen molar-refractivity contribution in [1.29, 1.82) is 0 Å². The molecule has 0 spiro atoms. The molecule has 0 saturated carbocycles. The molecule has 5 nitrogen and oxygen atoms in total. The summed E-state index contributed by atoms with van der Waals surface area (Å²) >= 11 is 5.91. The first-order valence-corrected chi connectivity index (χ1v) is 5.74. The van der Waals surface area contributed by atoms with Crippen LogP contribution in [0.5, 0.6) is 0 Å². The van der Waals surface area contributed by atoms with Gasteiger partial charge in [-0.05, 0) is 24.6 Å². The number of carbonyl (C=O) groups is 2. The smallest absolute Gasteiger partial charge is 0.326 e. The van der Waals surface area contributed by atoms with Crippen LogP contribution in [-0.2, 0) is 4.79 Å². The average molecular weight is 272 g/mol. The summed E-state index contributed by atoms with van der Waals surface area (Å²) in [5.41, 5.74) is 1.12. The highest BCUT2D eigenvalue weighted by Crippen LogP contribution is 2.17. The first-order valence-electron chi connectivity index (χ1n) is 5.36. The molecule has 1 rings (SSSR count). The number of benzene rings is 1. The van der Waals surface area contributed by atoms with Gasteiger partial charge in [0.1, 0.15) is 6.04 Å². The maximum absolute atomic E-state index is 11.8. The summed E-state index contributed by atoms with van der Waals surface area (Å²) in [6, 6.07) is 3.74. The topological polar surface area (TPSA) is 86.6 Å². The fraction of sp³-hybridized carbons (Fsp3) is 0.333. The second-order valence-electron chi connectivity index (χ2n) is 3.86. The fourth-order valence-corrected chi connectivity index (χ4v) is 1.75. The van der Waals surface area contributed by atoms with Gasteiger partial charge in [0, 0.05) is 13.0 Å². The van der Waals surface area contributed by atoms with Crippen molar-refractivity contribution in [2.45, 2.75) is 19.4 Å². The molecule has 0 fully saturated rings. The minimum Gasteiger partial charge on any atom is -0.480 e. The van der Waals surface area contributed by atoms with E-state index in [1.807, 2.05) is 6.92 Å². The lowest BCUT2D eigenvalue weighted by Crippen LogP contribution is -2.41. The largest absolute Gasteiger partial charge is 0.480 e. The Kier molecular flexibility index (Phi) is 5.12. The van der Waals surface area contributed by atoms with Gasteiger partial charge in [0.05, 0.1) is 10.6 Å². The molecular formula is C12H14ClNO4. The number of aliphatic carboxylic acids is 1. The zero-order valence-corrected chi connectivity index (χ0v) is 10.6. The molecule has 6 heteroatoms. The Bertz CT molecular complexity index is 461. The van der Waals surface area contributed by atoms with E-state index in [1.165, 1.54) is 6.07 Å². The van der Waals surface area contributed by atoms with Gasteiger partial charge in [-0.25, -0.2) is 4.79 Å². The van der Waals surface area contributed by atoms with E-state index in [0.717, 1.165) is 5.56 Å². The normalized spacial score (nSPS) is 11.9. The quantitative estimate of drug-likeness (QED) is 0.751. The van der Waals surface area contributed by atoms with E-state index >= 15 is 0 Å². The van der Waals surface area contributed by atoms with Gasteiger partial charge in [-0.15, -0.1) is 0 Å². The van der Waals surface area contributed by atoms with Gasteiger partial charge in [0.15, 0.2) is 0 Å². The van der Waals surface area contributed by atoms with E-state index in [9.17, 15) is 9.59 Å². The van der Waals surface area contributed by atoms with Crippen LogP contribution in [0.15, 0.2) is 18.2 Å². The molecule has 1 aromatic carbocycles. The lowest BCUT2D eigenvalue weighted by atomic mass is 10.1. The standard InChI is InChI=1S/C12H14ClNO4/c1-7-2-3-8(9(13)6-7)11(16)14-10(4-5-15)12(17)18/h2-3,6,10,15H,4-5H2,1H3,(H,14,16)(H,17,18)/t10-/m1/s1. The summed E-state index contributed by atoms with van der Waals surface area (Å²) in [5, 5.41) is 20.1. The highest BCUT2D eigenvalue weighted by atomic mass is 35.5. The van der Waals surface area contributed by atoms with E-state index in [-0.39, 0.29) is 23.6 Å². The molecule has 0 unspecified atom stereocenters. The second kappa shape index (κ2) is 6.37. The summed E-state index contributed by atoms with van der Waals surface area (Å²) in [7, 11) is 0. The summed E-state index contributed by atoms with van der Waals surface area (Å²) in [4.78, 5) is 22.7.